The molecule has 0 saturated carbocycles. The Kier molecular flexibility index (Phi) is 6.08. The molecule has 0 bridgehead atoms. The molecule has 7 nitrogen and oxygen atoms in total. The molecule has 0 aliphatic carbocycles. The summed E-state index contributed by atoms with van der Waals surface area (Å²) in [5.74, 6) is -0.0684. The number of benzene rings is 1. The predicted molar refractivity (Wildman–Crippen MR) is 110 cm³/mol. The Morgan fingerprint density at radius 2 is 1.97 bits per heavy atom. The molecule has 1 fully saturated rings. The van der Waals surface area contributed by atoms with Crippen LogP contribution in [0.15, 0.2) is 36.4 Å². The van der Waals surface area contributed by atoms with E-state index in [1.165, 1.54) is 11.1 Å². The molecule has 29 heavy (non-hydrogen) atoms. The summed E-state index contributed by atoms with van der Waals surface area (Å²) in [7, 11) is 0. The van der Waals surface area contributed by atoms with Gasteiger partial charge in [-0.15, -0.1) is 0 Å². The van der Waals surface area contributed by atoms with Crippen molar-refractivity contribution >= 4 is 5.91 Å². The Morgan fingerprint density at radius 3 is 2.72 bits per heavy atom. The summed E-state index contributed by atoms with van der Waals surface area (Å²) in [6.07, 6.45) is 2.22. The summed E-state index contributed by atoms with van der Waals surface area (Å²) in [5.41, 5.74) is 8.85. The van der Waals surface area contributed by atoms with Crippen LogP contribution in [0.3, 0.4) is 0 Å². The first-order valence-corrected chi connectivity index (χ1v) is 10.3. The number of primary amides is 1. The highest BCUT2D eigenvalue weighted by atomic mass is 16.5. The number of aliphatic hydroxyl groups excluding tert-OH is 1. The third kappa shape index (κ3) is 4.75. The average molecular weight is 396 g/mol. The number of rotatable bonds is 6. The molecule has 1 amide bonds. The SMILES string of the molecule is NC(=O)c1ccc(OC2CCNCC2)nc1C[C@@H](O)[C@@H]1Cc2ccccc2CN1. The van der Waals surface area contributed by atoms with Gasteiger partial charge in [0, 0.05) is 25.1 Å². The van der Waals surface area contributed by atoms with Crippen molar-refractivity contribution in [2.75, 3.05) is 13.1 Å². The Hall–Kier alpha value is -2.48. The van der Waals surface area contributed by atoms with Gasteiger partial charge in [-0.25, -0.2) is 4.98 Å². The van der Waals surface area contributed by atoms with E-state index in [1.54, 1.807) is 12.1 Å². The number of pyridine rings is 1. The van der Waals surface area contributed by atoms with Crippen LogP contribution in [-0.2, 0) is 19.4 Å². The lowest BCUT2D eigenvalue weighted by Gasteiger charge is -2.30. The maximum Gasteiger partial charge on any atom is 0.250 e. The van der Waals surface area contributed by atoms with Crippen LogP contribution >= 0.6 is 0 Å². The minimum Gasteiger partial charge on any atom is -0.474 e. The second-order valence-corrected chi connectivity index (χ2v) is 7.81. The number of hydrogen-bond acceptors (Lipinski definition) is 6. The molecular formula is C22H28N4O3. The fourth-order valence-electron chi connectivity index (χ4n) is 4.10. The Balaban J connectivity index is 1.48. The van der Waals surface area contributed by atoms with Crippen molar-refractivity contribution in [2.45, 2.75) is 50.5 Å². The van der Waals surface area contributed by atoms with Gasteiger partial charge in [-0.3, -0.25) is 4.79 Å². The lowest BCUT2D eigenvalue weighted by Crippen LogP contribution is -2.45. The van der Waals surface area contributed by atoms with Crippen LogP contribution in [0.2, 0.25) is 0 Å². The van der Waals surface area contributed by atoms with Gasteiger partial charge in [0.15, 0.2) is 0 Å². The largest absolute Gasteiger partial charge is 0.474 e. The molecule has 7 heteroatoms. The van der Waals surface area contributed by atoms with E-state index in [0.29, 0.717) is 23.7 Å². The van der Waals surface area contributed by atoms with E-state index in [9.17, 15) is 9.90 Å². The zero-order valence-corrected chi connectivity index (χ0v) is 16.4. The van der Waals surface area contributed by atoms with Crippen LogP contribution in [0.4, 0.5) is 0 Å². The molecule has 2 aliphatic rings. The van der Waals surface area contributed by atoms with Crippen LogP contribution < -0.4 is 21.1 Å². The first-order valence-electron chi connectivity index (χ1n) is 10.3. The molecule has 1 aromatic carbocycles. The van der Waals surface area contributed by atoms with Crippen molar-refractivity contribution in [3.8, 4) is 5.88 Å². The van der Waals surface area contributed by atoms with Crippen molar-refractivity contribution in [3.05, 3.63) is 58.8 Å². The number of aliphatic hydroxyl groups is 1. The van der Waals surface area contributed by atoms with Gasteiger partial charge >= 0.3 is 0 Å². The molecule has 4 rings (SSSR count). The number of aromatic nitrogens is 1. The third-order valence-electron chi connectivity index (χ3n) is 5.77. The number of nitrogens with one attached hydrogen (secondary N) is 2. The van der Waals surface area contributed by atoms with E-state index in [0.717, 1.165) is 32.4 Å². The standard InChI is InChI=1S/C22H28N4O3/c23-22(28)17-5-6-21(29-16-7-9-24-10-8-16)26-18(17)12-20(27)19-11-14-3-1-2-4-15(14)13-25-19/h1-6,16,19-20,24-25,27H,7-13H2,(H2,23,28)/t19-,20+/m0/s1. The smallest absolute Gasteiger partial charge is 0.250 e. The molecule has 3 heterocycles. The number of carbonyl (C=O) groups excluding carboxylic acids is 1. The maximum absolute atomic E-state index is 11.9. The monoisotopic (exact) mass is 396 g/mol. The number of fused-ring (bicyclic) bond motifs is 1. The molecule has 154 valence electrons. The van der Waals surface area contributed by atoms with Gasteiger partial charge in [0.1, 0.15) is 6.10 Å². The summed E-state index contributed by atoms with van der Waals surface area (Å²) in [6.45, 7) is 2.56. The van der Waals surface area contributed by atoms with Gasteiger partial charge in [-0.05, 0) is 49.5 Å². The number of ether oxygens (including phenoxy) is 1. The number of carbonyl (C=O) groups is 1. The summed E-state index contributed by atoms with van der Waals surface area (Å²) in [5, 5.41) is 17.6. The van der Waals surface area contributed by atoms with Crippen LogP contribution in [-0.4, -0.2) is 47.3 Å². The van der Waals surface area contributed by atoms with Crippen molar-refractivity contribution in [1.82, 2.24) is 15.6 Å². The zero-order valence-electron chi connectivity index (χ0n) is 16.4. The minimum absolute atomic E-state index is 0.109. The topological polar surface area (TPSA) is 110 Å². The van der Waals surface area contributed by atoms with Crippen molar-refractivity contribution in [1.29, 1.82) is 0 Å². The van der Waals surface area contributed by atoms with E-state index in [1.807, 2.05) is 12.1 Å². The molecule has 2 aliphatic heterocycles. The average Bonchev–Trinajstić information content (AvgIpc) is 2.74. The van der Waals surface area contributed by atoms with E-state index < -0.39 is 12.0 Å². The molecule has 2 atom stereocenters. The molecule has 0 unspecified atom stereocenters. The highest BCUT2D eigenvalue weighted by molar-refractivity contribution is 5.94. The van der Waals surface area contributed by atoms with E-state index in [-0.39, 0.29) is 18.6 Å². The number of amides is 1. The Morgan fingerprint density at radius 1 is 1.21 bits per heavy atom. The lowest BCUT2D eigenvalue weighted by atomic mass is 9.91. The molecular weight excluding hydrogens is 368 g/mol. The van der Waals surface area contributed by atoms with Crippen LogP contribution in [0, 0.1) is 0 Å². The van der Waals surface area contributed by atoms with E-state index in [4.69, 9.17) is 10.5 Å². The second kappa shape index (κ2) is 8.90. The number of nitrogens with two attached hydrogens (primary N) is 1. The summed E-state index contributed by atoms with van der Waals surface area (Å²) in [6, 6.07) is 11.5. The summed E-state index contributed by atoms with van der Waals surface area (Å²) in [4.78, 5) is 16.4. The highest BCUT2D eigenvalue weighted by Crippen LogP contribution is 2.22. The third-order valence-corrected chi connectivity index (χ3v) is 5.77. The predicted octanol–water partition coefficient (Wildman–Crippen LogP) is 0.929. The van der Waals surface area contributed by atoms with E-state index >= 15 is 0 Å². The van der Waals surface area contributed by atoms with E-state index in [2.05, 4.69) is 27.8 Å². The van der Waals surface area contributed by atoms with Crippen molar-refractivity contribution in [3.63, 3.8) is 0 Å². The summed E-state index contributed by atoms with van der Waals surface area (Å²) >= 11 is 0. The molecule has 0 spiro atoms. The second-order valence-electron chi connectivity index (χ2n) is 7.81. The molecule has 1 saturated heterocycles. The fraction of sp³-hybridized carbons (Fsp3) is 0.455. The molecule has 5 N–H and O–H groups in total. The maximum atomic E-state index is 11.9. The molecule has 2 aromatic rings. The van der Waals surface area contributed by atoms with Gasteiger partial charge in [-0.1, -0.05) is 24.3 Å². The lowest BCUT2D eigenvalue weighted by molar-refractivity contribution is 0.0993. The normalized spacial score (nSPS) is 20.7. The minimum atomic E-state index is -0.692. The van der Waals surface area contributed by atoms with Gasteiger partial charge < -0.3 is 26.2 Å². The number of hydrogen-bond donors (Lipinski definition) is 4. The van der Waals surface area contributed by atoms with Crippen LogP contribution in [0.25, 0.3) is 0 Å². The zero-order chi connectivity index (χ0) is 20.2. The van der Waals surface area contributed by atoms with Crippen LogP contribution in [0.1, 0.15) is 40.0 Å². The van der Waals surface area contributed by atoms with Gasteiger partial charge in [0.2, 0.25) is 5.88 Å². The highest BCUT2D eigenvalue weighted by Gasteiger charge is 2.26. The van der Waals surface area contributed by atoms with Gasteiger partial charge in [0.25, 0.3) is 5.91 Å². The van der Waals surface area contributed by atoms with Crippen molar-refractivity contribution in [2.24, 2.45) is 5.73 Å². The van der Waals surface area contributed by atoms with Gasteiger partial charge in [-0.2, -0.15) is 0 Å². The number of piperidine rings is 1. The Labute approximate surface area is 170 Å². The van der Waals surface area contributed by atoms with Crippen LogP contribution in [0.5, 0.6) is 5.88 Å². The Bertz CT molecular complexity index is 867. The quantitative estimate of drug-likeness (QED) is 0.578. The first-order chi connectivity index (χ1) is 14.1. The fourth-order valence-corrected chi connectivity index (χ4v) is 4.10. The van der Waals surface area contributed by atoms with Crippen molar-refractivity contribution < 1.29 is 14.6 Å². The molecule has 0 radical (unpaired) electrons. The number of nitrogens with zero attached hydrogens (tertiary/aromatic N) is 1. The summed E-state index contributed by atoms with van der Waals surface area (Å²) < 4.78 is 6.00. The van der Waals surface area contributed by atoms with Gasteiger partial charge in [0.05, 0.1) is 17.4 Å². The molecule has 1 aromatic heterocycles. The first kappa shape index (κ1) is 19.8.